The lowest BCUT2D eigenvalue weighted by molar-refractivity contribution is -0.126. The Bertz CT molecular complexity index is 1210. The second kappa shape index (κ2) is 10.9. The Balaban J connectivity index is 1.78. The van der Waals surface area contributed by atoms with E-state index in [1.807, 2.05) is 30.3 Å². The van der Waals surface area contributed by atoms with Gasteiger partial charge in [-0.25, -0.2) is 0 Å². The summed E-state index contributed by atoms with van der Waals surface area (Å²) in [6, 6.07) is 15.3. The molecule has 182 valence electrons. The molecule has 0 unspecified atom stereocenters. The van der Waals surface area contributed by atoms with Crippen molar-refractivity contribution in [2.45, 2.75) is 44.3 Å². The van der Waals surface area contributed by atoms with E-state index in [0.29, 0.717) is 10.6 Å². The van der Waals surface area contributed by atoms with Crippen molar-refractivity contribution in [2.75, 3.05) is 5.73 Å². The molecule has 0 spiro atoms. The molecule has 3 aromatic rings. The zero-order valence-corrected chi connectivity index (χ0v) is 20.5. The second-order valence-corrected chi connectivity index (χ2v) is 9.71. The summed E-state index contributed by atoms with van der Waals surface area (Å²) in [4.78, 5) is 40.8. The van der Waals surface area contributed by atoms with Crippen molar-refractivity contribution in [1.82, 2.24) is 14.6 Å². The van der Waals surface area contributed by atoms with Gasteiger partial charge in [-0.2, -0.15) is 4.37 Å². The van der Waals surface area contributed by atoms with E-state index in [-0.39, 0.29) is 34.8 Å². The molecule has 1 saturated carbocycles. The lowest BCUT2D eigenvalue weighted by Gasteiger charge is -2.32. The van der Waals surface area contributed by atoms with Gasteiger partial charge in [0.05, 0.1) is 5.69 Å². The molecule has 1 aliphatic carbocycles. The number of carbonyl (C=O) groups excluding carboxylic acids is 3. The third kappa shape index (κ3) is 5.63. The molecule has 0 bridgehead atoms. The summed E-state index contributed by atoms with van der Waals surface area (Å²) >= 11 is 6.90. The van der Waals surface area contributed by atoms with Crippen LogP contribution in [0.25, 0.3) is 0 Å². The minimum Gasteiger partial charge on any atom is -0.395 e. The molecule has 5 N–H and O–H groups in total. The highest BCUT2D eigenvalue weighted by Crippen LogP contribution is 2.31. The number of rotatable bonds is 8. The first-order valence-electron chi connectivity index (χ1n) is 11.3. The molecule has 2 aromatic carbocycles. The highest BCUT2D eigenvalue weighted by molar-refractivity contribution is 7.09. The predicted molar refractivity (Wildman–Crippen MR) is 136 cm³/mol. The van der Waals surface area contributed by atoms with Crippen LogP contribution in [0, 0.1) is 0 Å². The van der Waals surface area contributed by atoms with Crippen LogP contribution in [0.15, 0.2) is 54.6 Å². The van der Waals surface area contributed by atoms with Crippen LogP contribution >= 0.6 is 23.1 Å². The number of benzene rings is 2. The largest absolute Gasteiger partial charge is 0.395 e. The Kier molecular flexibility index (Phi) is 7.67. The third-order valence-electron chi connectivity index (χ3n) is 6.06. The van der Waals surface area contributed by atoms with E-state index >= 15 is 0 Å². The summed E-state index contributed by atoms with van der Waals surface area (Å²) in [5.41, 5.74) is 12.6. The standard InChI is InChI=1S/C25H26ClN5O3S/c26-17-12-10-16(11-13-17)21(24(33)29-18-8-4-5-9-18)31(14-15-6-2-1-3-7-15)25(34)22-19(27)20(23(28)32)30-35-22/h1-3,6-7,10-13,18,21H,4-5,8-9,14,27H2,(H2,28,32)(H,29,33)/t21-/m1/s1. The number of amides is 3. The number of aromatic nitrogens is 1. The number of nitrogens with zero attached hydrogens (tertiary/aromatic N) is 2. The van der Waals surface area contributed by atoms with Gasteiger partial charge < -0.3 is 21.7 Å². The number of nitrogens with two attached hydrogens (primary N) is 2. The van der Waals surface area contributed by atoms with Gasteiger partial charge in [-0.05, 0) is 47.6 Å². The number of nitrogen functional groups attached to an aromatic ring is 1. The average molecular weight is 512 g/mol. The lowest BCUT2D eigenvalue weighted by atomic mass is 10.0. The zero-order chi connectivity index (χ0) is 24.9. The molecule has 0 radical (unpaired) electrons. The van der Waals surface area contributed by atoms with E-state index in [2.05, 4.69) is 9.69 Å². The molecular formula is C25H26ClN5O3S. The fraction of sp³-hybridized carbons (Fsp3) is 0.280. The Labute approximate surface area is 212 Å². The van der Waals surface area contributed by atoms with Crippen LogP contribution in [-0.4, -0.2) is 33.0 Å². The minimum atomic E-state index is -0.959. The molecule has 1 aromatic heterocycles. The van der Waals surface area contributed by atoms with Crippen LogP contribution in [0.3, 0.4) is 0 Å². The molecule has 35 heavy (non-hydrogen) atoms. The van der Waals surface area contributed by atoms with Gasteiger partial charge in [-0.3, -0.25) is 14.4 Å². The summed E-state index contributed by atoms with van der Waals surface area (Å²) in [5.74, 6) is -1.62. The maximum Gasteiger partial charge on any atom is 0.270 e. The van der Waals surface area contributed by atoms with Crippen LogP contribution in [-0.2, 0) is 11.3 Å². The van der Waals surface area contributed by atoms with Gasteiger partial charge in [0.25, 0.3) is 11.8 Å². The van der Waals surface area contributed by atoms with Gasteiger partial charge in [-0.15, -0.1) is 0 Å². The fourth-order valence-corrected chi connectivity index (χ4v) is 5.18. The molecule has 1 atom stereocenters. The van der Waals surface area contributed by atoms with Crippen molar-refractivity contribution in [3.8, 4) is 0 Å². The minimum absolute atomic E-state index is 0.0564. The van der Waals surface area contributed by atoms with E-state index in [4.69, 9.17) is 23.1 Å². The van der Waals surface area contributed by atoms with Crippen LogP contribution < -0.4 is 16.8 Å². The number of nitrogens with one attached hydrogen (secondary N) is 1. The summed E-state index contributed by atoms with van der Waals surface area (Å²) < 4.78 is 3.97. The number of hydrogen-bond donors (Lipinski definition) is 3. The third-order valence-corrected chi connectivity index (χ3v) is 7.16. The van der Waals surface area contributed by atoms with Gasteiger partial charge in [0.1, 0.15) is 10.9 Å². The number of anilines is 1. The first-order valence-corrected chi connectivity index (χ1v) is 12.5. The highest BCUT2D eigenvalue weighted by atomic mass is 35.5. The fourth-order valence-electron chi connectivity index (χ4n) is 4.29. The molecule has 3 amide bonds. The number of halogens is 1. The number of primary amides is 1. The molecule has 10 heteroatoms. The maximum atomic E-state index is 13.9. The SMILES string of the molecule is NC(=O)c1nsc(C(=O)N(Cc2ccccc2)[C@@H](C(=O)NC2CCCC2)c2ccc(Cl)cc2)c1N. The van der Waals surface area contributed by atoms with Crippen LogP contribution in [0.2, 0.25) is 5.02 Å². The van der Waals surface area contributed by atoms with Crippen molar-refractivity contribution < 1.29 is 14.4 Å². The van der Waals surface area contributed by atoms with Crippen molar-refractivity contribution in [3.05, 3.63) is 81.3 Å². The summed E-state index contributed by atoms with van der Waals surface area (Å²) in [7, 11) is 0. The molecule has 1 heterocycles. The van der Waals surface area contributed by atoms with E-state index in [9.17, 15) is 14.4 Å². The van der Waals surface area contributed by atoms with E-state index < -0.39 is 17.9 Å². The smallest absolute Gasteiger partial charge is 0.270 e. The highest BCUT2D eigenvalue weighted by Gasteiger charge is 2.36. The van der Waals surface area contributed by atoms with Gasteiger partial charge in [0.15, 0.2) is 5.69 Å². The normalized spacial score (nSPS) is 14.4. The van der Waals surface area contributed by atoms with Gasteiger partial charge in [0, 0.05) is 17.6 Å². The van der Waals surface area contributed by atoms with Crippen LogP contribution in [0.4, 0.5) is 5.69 Å². The first kappa shape index (κ1) is 24.7. The zero-order valence-electron chi connectivity index (χ0n) is 18.9. The van der Waals surface area contributed by atoms with E-state index in [1.54, 1.807) is 24.3 Å². The summed E-state index contributed by atoms with van der Waals surface area (Å²) in [5, 5.41) is 3.64. The summed E-state index contributed by atoms with van der Waals surface area (Å²) in [6.45, 7) is 0.133. The Morgan fingerprint density at radius 1 is 1.09 bits per heavy atom. The average Bonchev–Trinajstić information content (AvgIpc) is 3.49. The lowest BCUT2D eigenvalue weighted by Crippen LogP contribution is -2.45. The summed E-state index contributed by atoms with van der Waals surface area (Å²) in [6.07, 6.45) is 3.90. The molecule has 8 nitrogen and oxygen atoms in total. The molecule has 4 rings (SSSR count). The Morgan fingerprint density at radius 2 is 1.74 bits per heavy atom. The van der Waals surface area contributed by atoms with Gasteiger partial charge in [0.2, 0.25) is 5.91 Å². The van der Waals surface area contributed by atoms with Crippen LogP contribution in [0.5, 0.6) is 0 Å². The van der Waals surface area contributed by atoms with Crippen molar-refractivity contribution in [3.63, 3.8) is 0 Å². The Hall–Kier alpha value is -3.43. The molecule has 0 aliphatic heterocycles. The van der Waals surface area contributed by atoms with E-state index in [0.717, 1.165) is 42.8 Å². The Morgan fingerprint density at radius 3 is 2.34 bits per heavy atom. The van der Waals surface area contributed by atoms with E-state index in [1.165, 1.54) is 4.90 Å². The van der Waals surface area contributed by atoms with Gasteiger partial charge in [-0.1, -0.05) is 66.9 Å². The number of carbonyl (C=O) groups is 3. The second-order valence-electron chi connectivity index (χ2n) is 8.50. The van der Waals surface area contributed by atoms with Crippen molar-refractivity contribution >= 4 is 46.5 Å². The van der Waals surface area contributed by atoms with Gasteiger partial charge >= 0.3 is 0 Å². The molecular weight excluding hydrogens is 486 g/mol. The molecule has 0 saturated heterocycles. The number of hydrogen-bond acceptors (Lipinski definition) is 6. The predicted octanol–water partition coefficient (Wildman–Crippen LogP) is 3.92. The van der Waals surface area contributed by atoms with Crippen molar-refractivity contribution in [2.24, 2.45) is 5.73 Å². The first-order chi connectivity index (χ1) is 16.8. The molecule has 1 fully saturated rings. The quantitative estimate of drug-likeness (QED) is 0.421. The van der Waals surface area contributed by atoms with Crippen LogP contribution in [0.1, 0.15) is 63.0 Å². The maximum absolute atomic E-state index is 13.9. The molecule has 1 aliphatic rings. The van der Waals surface area contributed by atoms with Crippen molar-refractivity contribution in [1.29, 1.82) is 0 Å². The monoisotopic (exact) mass is 511 g/mol. The topological polar surface area (TPSA) is 131 Å².